The smallest absolute Gasteiger partial charge is 0.292 e. The Morgan fingerprint density at radius 2 is 2.14 bits per heavy atom. The van der Waals surface area contributed by atoms with Crippen LogP contribution in [0.15, 0.2) is 28.9 Å². The van der Waals surface area contributed by atoms with Gasteiger partial charge >= 0.3 is 0 Å². The van der Waals surface area contributed by atoms with Gasteiger partial charge in [-0.05, 0) is 12.8 Å². The van der Waals surface area contributed by atoms with Crippen LogP contribution >= 0.6 is 0 Å². The lowest BCUT2D eigenvalue weighted by Gasteiger charge is -2.31. The monoisotopic (exact) mass is 304 g/mol. The highest BCUT2D eigenvalue weighted by atomic mass is 16.5. The number of carbonyl (C=O) groups is 1. The lowest BCUT2D eigenvalue weighted by molar-refractivity contribution is 0.0490. The molecule has 0 saturated carbocycles. The largest absolute Gasteiger partial charge is 0.480 e. The van der Waals surface area contributed by atoms with Gasteiger partial charge in [-0.1, -0.05) is 5.16 Å². The molecule has 1 unspecified atom stereocenters. The van der Waals surface area contributed by atoms with Gasteiger partial charge in [0, 0.05) is 24.7 Å². The van der Waals surface area contributed by atoms with Gasteiger partial charge in [0.15, 0.2) is 0 Å². The van der Waals surface area contributed by atoms with E-state index in [4.69, 9.17) is 14.0 Å². The molecular formula is C14H16N4O4. The molecule has 3 heterocycles. The lowest BCUT2D eigenvalue weighted by Crippen LogP contribution is -2.44. The zero-order valence-electron chi connectivity index (χ0n) is 12.1. The summed E-state index contributed by atoms with van der Waals surface area (Å²) in [6.07, 6.45) is 3.04. The van der Waals surface area contributed by atoms with Gasteiger partial charge in [-0.3, -0.25) is 4.79 Å². The normalized spacial score (nSPS) is 18.0. The standard InChI is InChI=1S/C14H16N4O4/c1-20-12-4-5-13(17-16-12)21-10-3-2-8-18(9-10)14(19)11-6-7-15-22-11/h4-7,10H,2-3,8-9H2,1H3. The van der Waals surface area contributed by atoms with Crippen molar-refractivity contribution >= 4 is 5.91 Å². The molecule has 1 saturated heterocycles. The van der Waals surface area contributed by atoms with Crippen LogP contribution in [0.2, 0.25) is 0 Å². The lowest BCUT2D eigenvalue weighted by atomic mass is 10.1. The van der Waals surface area contributed by atoms with Crippen molar-refractivity contribution in [3.8, 4) is 11.8 Å². The first-order valence-electron chi connectivity index (χ1n) is 7.00. The van der Waals surface area contributed by atoms with E-state index in [0.717, 1.165) is 12.8 Å². The predicted octanol–water partition coefficient (Wildman–Crippen LogP) is 1.16. The third-order valence-corrected chi connectivity index (χ3v) is 3.43. The molecule has 0 aliphatic carbocycles. The Kier molecular flexibility index (Phi) is 4.17. The van der Waals surface area contributed by atoms with Crippen molar-refractivity contribution in [1.82, 2.24) is 20.3 Å². The number of piperidine rings is 1. The van der Waals surface area contributed by atoms with Gasteiger partial charge in [0.1, 0.15) is 6.10 Å². The summed E-state index contributed by atoms with van der Waals surface area (Å²) in [5.74, 6) is 0.911. The second kappa shape index (κ2) is 6.42. The number of carbonyl (C=O) groups excluding carboxylic acids is 1. The number of hydrogen-bond donors (Lipinski definition) is 0. The average Bonchev–Trinajstić information content (AvgIpc) is 3.09. The minimum atomic E-state index is -0.174. The molecule has 116 valence electrons. The van der Waals surface area contributed by atoms with E-state index in [0.29, 0.717) is 24.8 Å². The van der Waals surface area contributed by atoms with Crippen LogP contribution in [-0.2, 0) is 0 Å². The number of aromatic nitrogens is 3. The fraction of sp³-hybridized carbons (Fsp3) is 0.429. The summed E-state index contributed by atoms with van der Waals surface area (Å²) >= 11 is 0. The molecular weight excluding hydrogens is 288 g/mol. The molecule has 1 fully saturated rings. The van der Waals surface area contributed by atoms with Gasteiger partial charge < -0.3 is 18.9 Å². The van der Waals surface area contributed by atoms with Gasteiger partial charge in [0.25, 0.3) is 5.91 Å². The molecule has 1 amide bonds. The highest BCUT2D eigenvalue weighted by molar-refractivity contribution is 5.91. The van der Waals surface area contributed by atoms with E-state index < -0.39 is 0 Å². The summed E-state index contributed by atoms with van der Waals surface area (Å²) in [7, 11) is 1.53. The third kappa shape index (κ3) is 3.16. The van der Waals surface area contributed by atoms with Crippen LogP contribution in [0.25, 0.3) is 0 Å². The van der Waals surface area contributed by atoms with Crippen molar-refractivity contribution in [2.75, 3.05) is 20.2 Å². The van der Waals surface area contributed by atoms with E-state index in [1.54, 1.807) is 23.1 Å². The fourth-order valence-electron chi connectivity index (χ4n) is 2.35. The van der Waals surface area contributed by atoms with E-state index in [-0.39, 0.29) is 17.8 Å². The molecule has 2 aromatic rings. The van der Waals surface area contributed by atoms with Crippen LogP contribution in [0, 0.1) is 0 Å². The summed E-state index contributed by atoms with van der Waals surface area (Å²) in [5.41, 5.74) is 0. The number of hydrogen-bond acceptors (Lipinski definition) is 7. The number of rotatable bonds is 4. The van der Waals surface area contributed by atoms with Crippen LogP contribution in [0.4, 0.5) is 0 Å². The van der Waals surface area contributed by atoms with Crippen molar-refractivity contribution in [1.29, 1.82) is 0 Å². The molecule has 8 heteroatoms. The Morgan fingerprint density at radius 1 is 1.32 bits per heavy atom. The first-order chi connectivity index (χ1) is 10.8. The van der Waals surface area contributed by atoms with Crippen LogP contribution in [-0.4, -0.2) is 52.5 Å². The van der Waals surface area contributed by atoms with E-state index >= 15 is 0 Å². The quantitative estimate of drug-likeness (QED) is 0.837. The maximum atomic E-state index is 12.2. The number of likely N-dealkylation sites (tertiary alicyclic amines) is 1. The second-order valence-corrected chi connectivity index (χ2v) is 4.92. The fourth-order valence-corrected chi connectivity index (χ4v) is 2.35. The maximum Gasteiger partial charge on any atom is 0.292 e. The Bertz CT molecular complexity index is 614. The SMILES string of the molecule is COc1ccc(OC2CCCN(C(=O)c3ccno3)C2)nn1. The molecule has 1 aliphatic heterocycles. The second-order valence-electron chi connectivity index (χ2n) is 4.92. The summed E-state index contributed by atoms with van der Waals surface area (Å²) in [5, 5.41) is 11.3. The van der Waals surface area contributed by atoms with E-state index in [1.807, 2.05) is 0 Å². The Labute approximate surface area is 127 Å². The van der Waals surface area contributed by atoms with Gasteiger partial charge in [0.2, 0.25) is 17.5 Å². The Balaban J connectivity index is 1.61. The van der Waals surface area contributed by atoms with E-state index in [9.17, 15) is 4.79 Å². The molecule has 0 aromatic carbocycles. The zero-order valence-corrected chi connectivity index (χ0v) is 12.1. The van der Waals surface area contributed by atoms with Crippen molar-refractivity contribution in [2.45, 2.75) is 18.9 Å². The first-order valence-corrected chi connectivity index (χ1v) is 7.00. The highest BCUT2D eigenvalue weighted by Crippen LogP contribution is 2.19. The predicted molar refractivity (Wildman–Crippen MR) is 74.6 cm³/mol. The van der Waals surface area contributed by atoms with Crippen LogP contribution in [0.3, 0.4) is 0 Å². The van der Waals surface area contributed by atoms with E-state index in [2.05, 4.69) is 15.4 Å². The van der Waals surface area contributed by atoms with Gasteiger partial charge in [-0.25, -0.2) is 0 Å². The van der Waals surface area contributed by atoms with Crippen LogP contribution in [0.5, 0.6) is 11.8 Å². The molecule has 0 spiro atoms. The summed E-state index contributed by atoms with van der Waals surface area (Å²) < 4.78 is 15.6. The maximum absolute atomic E-state index is 12.2. The van der Waals surface area contributed by atoms with Crippen molar-refractivity contribution < 1.29 is 18.8 Å². The summed E-state index contributed by atoms with van der Waals surface area (Å²) in [6, 6.07) is 4.94. The number of methoxy groups -OCH3 is 1. The molecule has 1 aliphatic rings. The molecule has 0 radical (unpaired) electrons. The minimum absolute atomic E-state index is 0.122. The molecule has 8 nitrogen and oxygen atoms in total. The zero-order chi connectivity index (χ0) is 15.4. The summed E-state index contributed by atoms with van der Waals surface area (Å²) in [6.45, 7) is 1.15. The first kappa shape index (κ1) is 14.3. The third-order valence-electron chi connectivity index (χ3n) is 3.43. The van der Waals surface area contributed by atoms with Gasteiger partial charge in [-0.2, -0.15) is 0 Å². The molecule has 0 N–H and O–H groups in total. The van der Waals surface area contributed by atoms with Crippen LogP contribution < -0.4 is 9.47 Å². The van der Waals surface area contributed by atoms with E-state index in [1.165, 1.54) is 13.3 Å². The topological polar surface area (TPSA) is 90.6 Å². The highest BCUT2D eigenvalue weighted by Gasteiger charge is 2.27. The number of nitrogens with zero attached hydrogens (tertiary/aromatic N) is 4. The van der Waals surface area contributed by atoms with Crippen molar-refractivity contribution in [3.63, 3.8) is 0 Å². The Morgan fingerprint density at radius 3 is 2.82 bits per heavy atom. The Hall–Kier alpha value is -2.64. The molecule has 1 atom stereocenters. The average molecular weight is 304 g/mol. The number of ether oxygens (including phenoxy) is 2. The molecule has 2 aromatic heterocycles. The van der Waals surface area contributed by atoms with Gasteiger partial charge in [0.05, 0.1) is 19.9 Å². The van der Waals surface area contributed by atoms with Gasteiger partial charge in [-0.15, -0.1) is 10.2 Å². The van der Waals surface area contributed by atoms with Crippen molar-refractivity contribution in [2.24, 2.45) is 0 Å². The molecule has 22 heavy (non-hydrogen) atoms. The molecule has 3 rings (SSSR count). The van der Waals surface area contributed by atoms with Crippen molar-refractivity contribution in [3.05, 3.63) is 30.2 Å². The minimum Gasteiger partial charge on any atom is -0.480 e. The number of amides is 1. The summed E-state index contributed by atoms with van der Waals surface area (Å²) in [4.78, 5) is 13.9. The van der Waals surface area contributed by atoms with Crippen LogP contribution in [0.1, 0.15) is 23.4 Å². The molecule has 0 bridgehead atoms.